The van der Waals surface area contributed by atoms with E-state index >= 15 is 0 Å². The number of aryl methyl sites for hydroxylation is 1. The van der Waals surface area contributed by atoms with Gasteiger partial charge < -0.3 is 9.88 Å². The number of hydrogen-bond acceptors (Lipinski definition) is 4. The van der Waals surface area contributed by atoms with Crippen molar-refractivity contribution >= 4 is 22.4 Å². The highest BCUT2D eigenvalue weighted by Gasteiger charge is 2.21. The molecule has 1 saturated carbocycles. The summed E-state index contributed by atoms with van der Waals surface area (Å²) >= 11 is 0. The minimum absolute atomic E-state index is 0.260. The zero-order valence-corrected chi connectivity index (χ0v) is 18.2. The molecular weight excluding hydrogens is 413 g/mol. The normalized spacial score (nSPS) is 14.2. The van der Waals surface area contributed by atoms with Crippen LogP contribution in [0.15, 0.2) is 84.0 Å². The van der Waals surface area contributed by atoms with Crippen molar-refractivity contribution in [3.05, 3.63) is 95.9 Å². The van der Waals surface area contributed by atoms with E-state index < -0.39 is 0 Å². The quantitative estimate of drug-likeness (QED) is 0.364. The summed E-state index contributed by atoms with van der Waals surface area (Å²) in [6.45, 7) is 1.97. The molecule has 0 saturated heterocycles. The number of hydrogen-bond donors (Lipinski definition) is 1. The zero-order chi connectivity index (χ0) is 22.4. The molecule has 1 aromatic heterocycles. The van der Waals surface area contributed by atoms with E-state index in [9.17, 15) is 4.39 Å². The first-order valence-electron chi connectivity index (χ1n) is 11.1. The molecule has 2 aromatic carbocycles. The van der Waals surface area contributed by atoms with Crippen molar-refractivity contribution in [3.8, 4) is 17.1 Å². The van der Waals surface area contributed by atoms with Crippen molar-refractivity contribution in [1.29, 1.82) is 0 Å². The second-order valence-corrected chi connectivity index (χ2v) is 8.44. The van der Waals surface area contributed by atoms with Gasteiger partial charge in [-0.1, -0.05) is 12.1 Å². The fourth-order valence-electron chi connectivity index (χ4n) is 4.01. The Labute approximate surface area is 190 Å². The number of fused-ring (bicyclic) bond motifs is 2. The molecule has 6 rings (SSSR count). The number of pyridine rings is 1. The minimum atomic E-state index is -0.260. The third-order valence-electron chi connectivity index (χ3n) is 5.84. The second-order valence-electron chi connectivity index (χ2n) is 8.44. The summed E-state index contributed by atoms with van der Waals surface area (Å²) in [6.07, 6.45) is 4.04. The number of para-hydroxylation sites is 2. The third kappa shape index (κ3) is 3.84. The molecule has 162 valence electrons. The third-order valence-corrected chi connectivity index (χ3v) is 5.84. The summed E-state index contributed by atoms with van der Waals surface area (Å²) in [6, 6.07) is 23.0. The molecule has 0 atom stereocenters. The van der Waals surface area contributed by atoms with Gasteiger partial charge in [0, 0.05) is 11.4 Å². The Hall–Kier alpha value is -4.06. The first-order valence-corrected chi connectivity index (χ1v) is 11.1. The predicted molar refractivity (Wildman–Crippen MR) is 128 cm³/mol. The number of benzene rings is 3. The highest BCUT2D eigenvalue weighted by molar-refractivity contribution is 5.84. The van der Waals surface area contributed by atoms with Crippen molar-refractivity contribution in [2.75, 3.05) is 5.32 Å². The minimum Gasteiger partial charge on any atom is -0.352 e. The van der Waals surface area contributed by atoms with Crippen LogP contribution < -0.4 is 10.7 Å². The average molecular weight is 436 g/mol. The van der Waals surface area contributed by atoms with E-state index in [1.165, 1.54) is 12.1 Å². The molecule has 2 aliphatic carbocycles. The Morgan fingerprint density at radius 1 is 1.00 bits per heavy atom. The molecule has 0 amide bonds. The van der Waals surface area contributed by atoms with E-state index in [1.807, 2.05) is 55.6 Å². The van der Waals surface area contributed by atoms with Gasteiger partial charge in [-0.15, -0.1) is 0 Å². The van der Waals surface area contributed by atoms with Crippen molar-refractivity contribution in [2.24, 2.45) is 4.99 Å². The summed E-state index contributed by atoms with van der Waals surface area (Å²) in [5, 5.41) is 4.37. The van der Waals surface area contributed by atoms with Gasteiger partial charge in [0.25, 0.3) is 0 Å². The van der Waals surface area contributed by atoms with Crippen molar-refractivity contribution in [3.63, 3.8) is 0 Å². The van der Waals surface area contributed by atoms with Crippen molar-refractivity contribution in [2.45, 2.75) is 25.8 Å². The van der Waals surface area contributed by atoms with Crippen LogP contribution >= 0.6 is 0 Å². The molecule has 0 spiro atoms. The van der Waals surface area contributed by atoms with E-state index in [1.54, 1.807) is 12.1 Å². The van der Waals surface area contributed by atoms with E-state index in [4.69, 9.17) is 9.98 Å². The van der Waals surface area contributed by atoms with Gasteiger partial charge in [-0.2, -0.15) is 0 Å². The molecular formula is C27H22FN5. The fourth-order valence-corrected chi connectivity index (χ4v) is 4.01. The van der Waals surface area contributed by atoms with Gasteiger partial charge in [0.1, 0.15) is 5.82 Å². The van der Waals surface area contributed by atoms with Crippen LogP contribution in [0.5, 0.6) is 0 Å². The van der Waals surface area contributed by atoms with Gasteiger partial charge >= 0.3 is 0 Å². The van der Waals surface area contributed by atoms with Crippen LogP contribution in [0.2, 0.25) is 0 Å². The number of rotatable bonds is 4. The molecule has 0 radical (unpaired) electrons. The summed E-state index contributed by atoms with van der Waals surface area (Å²) < 4.78 is 15.8. The van der Waals surface area contributed by atoms with Gasteiger partial charge in [0.15, 0.2) is 0 Å². The molecule has 1 fully saturated rings. The maximum absolute atomic E-state index is 13.7. The topological polar surface area (TPSA) is 55.1 Å². The molecule has 1 aliphatic heterocycles. The Morgan fingerprint density at radius 2 is 1.82 bits per heavy atom. The summed E-state index contributed by atoms with van der Waals surface area (Å²) in [5.74, 6) is -0.260. The Kier molecular flexibility index (Phi) is 4.64. The molecule has 3 aromatic rings. The average Bonchev–Trinajstić information content (AvgIpc) is 3.64. The number of nitrogens with zero attached hydrogens (tertiary/aromatic N) is 4. The van der Waals surface area contributed by atoms with E-state index in [-0.39, 0.29) is 5.82 Å². The first kappa shape index (κ1) is 19.6. The van der Waals surface area contributed by atoms with Crippen LogP contribution in [-0.2, 0) is 0 Å². The van der Waals surface area contributed by atoms with Crippen LogP contribution in [0, 0.1) is 12.7 Å². The molecule has 1 N–H and O–H groups in total. The number of nitrogens with one attached hydrogen (secondary N) is 1. The van der Waals surface area contributed by atoms with E-state index in [0.29, 0.717) is 6.04 Å². The lowest BCUT2D eigenvalue weighted by Gasteiger charge is -2.20. The van der Waals surface area contributed by atoms with Crippen LogP contribution in [0.1, 0.15) is 18.5 Å². The number of anilines is 2. The molecule has 2 heterocycles. The highest BCUT2D eigenvalue weighted by Crippen LogP contribution is 2.31. The van der Waals surface area contributed by atoms with Crippen LogP contribution in [0.25, 0.3) is 28.1 Å². The standard InChI is InChI=1S/C27H22FN5/c1-17-6-9-20(16-29-17)31-23-14-25-27(15-24(23)30-19-10-11-19)33(21-12-7-18(28)8-13-21)26-5-3-2-4-22(26)32-25/h2-9,12-16,19,31H,10-11H2,1H3. The lowest BCUT2D eigenvalue weighted by Crippen LogP contribution is -2.15. The monoisotopic (exact) mass is 435 g/mol. The molecule has 33 heavy (non-hydrogen) atoms. The summed E-state index contributed by atoms with van der Waals surface area (Å²) in [4.78, 5) is 14.3. The lowest BCUT2D eigenvalue weighted by atomic mass is 10.1. The molecule has 0 bridgehead atoms. The highest BCUT2D eigenvalue weighted by atomic mass is 19.1. The summed E-state index contributed by atoms with van der Waals surface area (Å²) in [5.41, 5.74) is 7.22. The smallest absolute Gasteiger partial charge is 0.123 e. The van der Waals surface area contributed by atoms with Crippen LogP contribution in [0.4, 0.5) is 15.8 Å². The Bertz CT molecular complexity index is 1500. The predicted octanol–water partition coefficient (Wildman–Crippen LogP) is 5.78. The van der Waals surface area contributed by atoms with E-state index in [0.717, 1.165) is 63.4 Å². The van der Waals surface area contributed by atoms with Gasteiger partial charge in [-0.05, 0) is 80.4 Å². The molecule has 6 heteroatoms. The summed E-state index contributed by atoms with van der Waals surface area (Å²) in [7, 11) is 0. The van der Waals surface area contributed by atoms with Gasteiger partial charge in [0.05, 0.1) is 51.4 Å². The number of halogens is 1. The maximum atomic E-state index is 13.7. The van der Waals surface area contributed by atoms with E-state index in [2.05, 4.69) is 20.9 Å². The first-order chi connectivity index (χ1) is 16.1. The maximum Gasteiger partial charge on any atom is 0.123 e. The largest absolute Gasteiger partial charge is 0.352 e. The van der Waals surface area contributed by atoms with Crippen molar-refractivity contribution < 1.29 is 4.39 Å². The zero-order valence-electron chi connectivity index (χ0n) is 18.2. The van der Waals surface area contributed by atoms with Gasteiger partial charge in [0.2, 0.25) is 0 Å². The van der Waals surface area contributed by atoms with Crippen LogP contribution in [-0.4, -0.2) is 20.6 Å². The fraction of sp³-hybridized carbons (Fsp3) is 0.148. The van der Waals surface area contributed by atoms with Gasteiger partial charge in [-0.25, -0.2) is 9.37 Å². The van der Waals surface area contributed by atoms with Crippen LogP contribution in [0.3, 0.4) is 0 Å². The number of aromatic nitrogens is 3. The molecule has 0 unspecified atom stereocenters. The second kappa shape index (κ2) is 7.81. The Morgan fingerprint density at radius 3 is 2.58 bits per heavy atom. The Balaban J connectivity index is 1.62. The lowest BCUT2D eigenvalue weighted by molar-refractivity contribution is 0.627. The molecule has 5 nitrogen and oxygen atoms in total. The van der Waals surface area contributed by atoms with Crippen molar-refractivity contribution in [1.82, 2.24) is 14.5 Å². The SMILES string of the molecule is Cc1ccc(Nc2cc3nc4ccccc4n(-c4ccc(F)cc4)c-3cc2=NC2CC2)cn1. The molecule has 3 aliphatic rings. The van der Waals surface area contributed by atoms with Gasteiger partial charge in [-0.3, -0.25) is 9.98 Å².